The van der Waals surface area contributed by atoms with Crippen molar-refractivity contribution in [3.05, 3.63) is 47.8 Å². The maximum atomic E-state index is 10.5. The van der Waals surface area contributed by atoms with Gasteiger partial charge >= 0.3 is 0 Å². The van der Waals surface area contributed by atoms with Crippen LogP contribution in [0.15, 0.2) is 36.9 Å². The van der Waals surface area contributed by atoms with Crippen molar-refractivity contribution in [1.29, 1.82) is 0 Å². The zero-order valence-corrected chi connectivity index (χ0v) is 20.2. The van der Waals surface area contributed by atoms with Crippen molar-refractivity contribution in [2.45, 2.75) is 32.3 Å². The number of aromatic nitrogens is 5. The summed E-state index contributed by atoms with van der Waals surface area (Å²) in [6, 6.07) is 5.46. The van der Waals surface area contributed by atoms with Crippen LogP contribution in [0.1, 0.15) is 37.9 Å². The standard InChI is InChI=1S/C23H27ClN6O4/c1-5-6-7-16(31)14-8-20-27-22(24)28-23(30(20)11-14)26-19-12-29(13-25-19)15-9-17(32-2)21(34-4)18(10-15)33-3/h8-13,16,31H,5-7H2,1-4H3,(H,26,27,28). The van der Waals surface area contributed by atoms with Crippen molar-refractivity contribution in [2.75, 3.05) is 26.6 Å². The highest BCUT2D eigenvalue weighted by molar-refractivity contribution is 6.28. The van der Waals surface area contributed by atoms with Gasteiger partial charge in [0.1, 0.15) is 12.0 Å². The summed E-state index contributed by atoms with van der Waals surface area (Å²) in [5.41, 5.74) is 2.11. The van der Waals surface area contributed by atoms with E-state index in [2.05, 4.69) is 27.2 Å². The third-order valence-electron chi connectivity index (χ3n) is 5.44. The minimum Gasteiger partial charge on any atom is -0.493 e. The molecular weight excluding hydrogens is 460 g/mol. The topological polar surface area (TPSA) is 108 Å². The molecule has 3 aromatic heterocycles. The van der Waals surface area contributed by atoms with E-state index in [4.69, 9.17) is 25.8 Å². The summed E-state index contributed by atoms with van der Waals surface area (Å²) in [7, 11) is 4.69. The van der Waals surface area contributed by atoms with E-state index < -0.39 is 6.10 Å². The summed E-state index contributed by atoms with van der Waals surface area (Å²) >= 11 is 6.16. The number of anilines is 2. The van der Waals surface area contributed by atoms with E-state index >= 15 is 0 Å². The second-order valence-electron chi connectivity index (χ2n) is 7.65. The summed E-state index contributed by atoms with van der Waals surface area (Å²) < 4.78 is 19.8. The molecule has 0 amide bonds. The molecule has 1 atom stereocenters. The van der Waals surface area contributed by atoms with Crippen molar-refractivity contribution in [2.24, 2.45) is 0 Å². The molecule has 0 spiro atoms. The average molecular weight is 487 g/mol. The number of fused-ring (bicyclic) bond motifs is 1. The molecule has 180 valence electrons. The van der Waals surface area contributed by atoms with Crippen LogP contribution in [-0.4, -0.2) is 50.4 Å². The molecule has 2 N–H and O–H groups in total. The number of methoxy groups -OCH3 is 3. The second kappa shape index (κ2) is 10.2. The van der Waals surface area contributed by atoms with Crippen LogP contribution < -0.4 is 19.5 Å². The van der Waals surface area contributed by atoms with Gasteiger partial charge in [-0.1, -0.05) is 19.8 Å². The van der Waals surface area contributed by atoms with Crippen molar-refractivity contribution < 1.29 is 19.3 Å². The number of halogens is 1. The Morgan fingerprint density at radius 1 is 1.06 bits per heavy atom. The van der Waals surface area contributed by atoms with Crippen LogP contribution in [0.2, 0.25) is 5.28 Å². The molecule has 0 aliphatic rings. The lowest BCUT2D eigenvalue weighted by atomic mass is 10.1. The van der Waals surface area contributed by atoms with E-state index in [-0.39, 0.29) is 5.28 Å². The molecule has 0 saturated heterocycles. The molecule has 0 aliphatic heterocycles. The minimum atomic E-state index is -0.576. The van der Waals surface area contributed by atoms with E-state index in [9.17, 15) is 5.11 Å². The number of unbranched alkanes of at least 4 members (excludes halogenated alkanes) is 1. The number of hydrogen-bond acceptors (Lipinski definition) is 8. The van der Waals surface area contributed by atoms with Gasteiger partial charge in [0.05, 0.1) is 39.3 Å². The Morgan fingerprint density at radius 3 is 2.44 bits per heavy atom. The van der Waals surface area contributed by atoms with Crippen LogP contribution in [0.3, 0.4) is 0 Å². The normalized spacial score (nSPS) is 12.1. The van der Waals surface area contributed by atoms with E-state index in [1.54, 1.807) is 38.3 Å². The monoisotopic (exact) mass is 486 g/mol. The third kappa shape index (κ3) is 4.73. The Labute approximate surface area is 202 Å². The molecule has 0 radical (unpaired) electrons. The SMILES string of the molecule is CCCCC(O)c1cc2nc(Cl)nc(Nc3cn(-c4cc(OC)c(OC)c(OC)c4)cn3)n2c1. The first-order valence-corrected chi connectivity index (χ1v) is 11.2. The van der Waals surface area contributed by atoms with Gasteiger partial charge in [-0.15, -0.1) is 0 Å². The smallest absolute Gasteiger partial charge is 0.227 e. The van der Waals surface area contributed by atoms with Crippen molar-refractivity contribution in [3.63, 3.8) is 0 Å². The fourth-order valence-electron chi connectivity index (χ4n) is 3.68. The van der Waals surface area contributed by atoms with Gasteiger partial charge in [-0.3, -0.25) is 4.40 Å². The van der Waals surface area contributed by atoms with E-state index in [0.29, 0.717) is 41.1 Å². The maximum absolute atomic E-state index is 10.5. The number of aliphatic hydroxyl groups is 1. The lowest BCUT2D eigenvalue weighted by Gasteiger charge is -2.14. The average Bonchev–Trinajstić information content (AvgIpc) is 3.48. The Kier molecular flexibility index (Phi) is 7.09. The summed E-state index contributed by atoms with van der Waals surface area (Å²) in [6.45, 7) is 2.09. The molecule has 0 aliphatic carbocycles. The van der Waals surface area contributed by atoms with Gasteiger partial charge in [-0.2, -0.15) is 9.97 Å². The molecule has 4 aromatic rings. The number of hydrogen-bond donors (Lipinski definition) is 2. The fraction of sp³-hybridized carbons (Fsp3) is 0.348. The van der Waals surface area contributed by atoms with Crippen molar-refractivity contribution in [3.8, 4) is 22.9 Å². The van der Waals surface area contributed by atoms with Crippen LogP contribution in [0, 0.1) is 0 Å². The van der Waals surface area contributed by atoms with Gasteiger partial charge in [0.25, 0.3) is 0 Å². The molecule has 10 nitrogen and oxygen atoms in total. The molecule has 1 unspecified atom stereocenters. The quantitative estimate of drug-likeness (QED) is 0.336. The predicted octanol–water partition coefficient (Wildman–Crippen LogP) is 4.56. The van der Waals surface area contributed by atoms with Crippen LogP contribution in [0.25, 0.3) is 11.3 Å². The zero-order valence-electron chi connectivity index (χ0n) is 19.4. The maximum Gasteiger partial charge on any atom is 0.227 e. The third-order valence-corrected chi connectivity index (χ3v) is 5.61. The van der Waals surface area contributed by atoms with Gasteiger partial charge < -0.3 is 29.2 Å². The largest absolute Gasteiger partial charge is 0.493 e. The lowest BCUT2D eigenvalue weighted by Crippen LogP contribution is -2.03. The van der Waals surface area contributed by atoms with Gasteiger partial charge in [-0.25, -0.2) is 4.98 Å². The molecule has 0 bridgehead atoms. The molecule has 34 heavy (non-hydrogen) atoms. The summed E-state index contributed by atoms with van der Waals surface area (Å²) in [5, 5.41) is 13.8. The number of rotatable bonds is 10. The molecule has 0 saturated carbocycles. The number of nitrogens with one attached hydrogen (secondary N) is 1. The first kappa shape index (κ1) is 23.7. The molecule has 1 aromatic carbocycles. The van der Waals surface area contributed by atoms with Crippen molar-refractivity contribution >= 4 is 29.0 Å². The number of imidazole rings is 1. The fourth-order valence-corrected chi connectivity index (χ4v) is 3.85. The second-order valence-corrected chi connectivity index (χ2v) is 7.99. The predicted molar refractivity (Wildman–Crippen MR) is 129 cm³/mol. The Balaban J connectivity index is 1.64. The van der Waals surface area contributed by atoms with Crippen LogP contribution in [0.5, 0.6) is 17.2 Å². The Morgan fingerprint density at radius 2 is 1.79 bits per heavy atom. The summed E-state index contributed by atoms with van der Waals surface area (Å²) in [6.07, 6.45) is 7.30. The van der Waals surface area contributed by atoms with E-state index in [0.717, 1.165) is 24.1 Å². The number of ether oxygens (including phenoxy) is 3. The van der Waals surface area contributed by atoms with Gasteiger partial charge in [0, 0.05) is 23.9 Å². The highest BCUT2D eigenvalue weighted by atomic mass is 35.5. The summed E-state index contributed by atoms with van der Waals surface area (Å²) in [5.74, 6) is 2.54. The number of benzene rings is 1. The van der Waals surface area contributed by atoms with Gasteiger partial charge in [-0.05, 0) is 24.1 Å². The van der Waals surface area contributed by atoms with E-state index in [1.165, 1.54) is 0 Å². The first-order chi connectivity index (χ1) is 16.5. The van der Waals surface area contributed by atoms with Crippen LogP contribution in [0.4, 0.5) is 11.8 Å². The molecule has 0 fully saturated rings. The minimum absolute atomic E-state index is 0.0896. The van der Waals surface area contributed by atoms with Crippen LogP contribution in [-0.2, 0) is 0 Å². The van der Waals surface area contributed by atoms with Gasteiger partial charge in [0.2, 0.25) is 17.0 Å². The molecule has 4 rings (SSSR count). The highest BCUT2D eigenvalue weighted by Crippen LogP contribution is 2.39. The first-order valence-electron chi connectivity index (χ1n) is 10.8. The van der Waals surface area contributed by atoms with Crippen molar-refractivity contribution in [1.82, 2.24) is 23.9 Å². The number of aliphatic hydroxyl groups excluding tert-OH is 1. The number of nitrogens with zero attached hydrogens (tertiary/aromatic N) is 5. The highest BCUT2D eigenvalue weighted by Gasteiger charge is 2.17. The van der Waals surface area contributed by atoms with Gasteiger partial charge in [0.15, 0.2) is 17.3 Å². The Bertz CT molecular complexity index is 1260. The molecular formula is C23H27ClN6O4. The lowest BCUT2D eigenvalue weighted by molar-refractivity contribution is 0.164. The van der Waals surface area contributed by atoms with Crippen LogP contribution >= 0.6 is 11.6 Å². The zero-order chi connectivity index (χ0) is 24.2. The Hall–Kier alpha value is -3.50. The van der Waals surface area contributed by atoms with E-state index in [1.807, 2.05) is 29.0 Å². The summed E-state index contributed by atoms with van der Waals surface area (Å²) in [4.78, 5) is 13.0. The molecule has 3 heterocycles. The molecule has 11 heteroatoms.